The third kappa shape index (κ3) is 4.52. The van der Waals surface area contributed by atoms with Gasteiger partial charge in [-0.2, -0.15) is 0 Å². The zero-order valence-electron chi connectivity index (χ0n) is 19.4. The summed E-state index contributed by atoms with van der Waals surface area (Å²) in [4.78, 5) is 0. The maximum Gasteiger partial charge on any atom is 0.122 e. The SMILES string of the molecule is Cc1ccccc1C(=C(c1ccc(C(=N)N)cc1)c1ccc(C(=N)N)cc1)c1ccccc1C. The number of amidine groups is 2. The second-order valence-electron chi connectivity index (χ2n) is 8.36. The van der Waals surface area contributed by atoms with E-state index in [0.29, 0.717) is 11.1 Å². The molecule has 0 aromatic heterocycles. The molecule has 0 radical (unpaired) electrons. The second kappa shape index (κ2) is 9.59. The Balaban J connectivity index is 2.11. The molecule has 0 amide bonds. The van der Waals surface area contributed by atoms with Crippen molar-refractivity contribution in [3.05, 3.63) is 142 Å². The number of hydrogen-bond acceptors (Lipinski definition) is 2. The quantitative estimate of drug-likeness (QED) is 0.170. The van der Waals surface area contributed by atoms with E-state index in [9.17, 15) is 0 Å². The second-order valence-corrected chi connectivity index (χ2v) is 8.36. The van der Waals surface area contributed by atoms with Crippen LogP contribution in [0, 0.1) is 24.7 Å². The molecule has 0 bridgehead atoms. The van der Waals surface area contributed by atoms with Crippen LogP contribution >= 0.6 is 0 Å². The van der Waals surface area contributed by atoms with Gasteiger partial charge in [-0.05, 0) is 58.4 Å². The first kappa shape index (κ1) is 22.7. The van der Waals surface area contributed by atoms with E-state index < -0.39 is 0 Å². The Morgan fingerprint density at radius 2 is 0.794 bits per heavy atom. The van der Waals surface area contributed by atoms with Crippen LogP contribution in [0.5, 0.6) is 0 Å². The van der Waals surface area contributed by atoms with Crippen LogP contribution in [0.1, 0.15) is 44.5 Å². The van der Waals surface area contributed by atoms with E-state index in [1.54, 1.807) is 0 Å². The third-order valence-corrected chi connectivity index (χ3v) is 6.05. The highest BCUT2D eigenvalue weighted by atomic mass is 14.7. The minimum absolute atomic E-state index is 0.0425. The number of aryl methyl sites for hydroxylation is 2. The van der Waals surface area contributed by atoms with Gasteiger partial charge in [-0.1, -0.05) is 97.1 Å². The number of nitrogens with two attached hydrogens (primary N) is 2. The summed E-state index contributed by atoms with van der Waals surface area (Å²) >= 11 is 0. The summed E-state index contributed by atoms with van der Waals surface area (Å²) in [7, 11) is 0. The monoisotopic (exact) mass is 444 g/mol. The van der Waals surface area contributed by atoms with Gasteiger partial charge in [0.1, 0.15) is 11.7 Å². The van der Waals surface area contributed by atoms with Crippen LogP contribution in [0.3, 0.4) is 0 Å². The summed E-state index contributed by atoms with van der Waals surface area (Å²) in [6.45, 7) is 4.26. The fourth-order valence-corrected chi connectivity index (χ4v) is 4.21. The van der Waals surface area contributed by atoms with Crippen molar-refractivity contribution in [2.45, 2.75) is 13.8 Å². The van der Waals surface area contributed by atoms with Gasteiger partial charge >= 0.3 is 0 Å². The molecule has 34 heavy (non-hydrogen) atoms. The molecular formula is C30H28N4. The van der Waals surface area contributed by atoms with Gasteiger partial charge in [0.05, 0.1) is 0 Å². The molecule has 0 fully saturated rings. The fraction of sp³-hybridized carbons (Fsp3) is 0.0667. The predicted molar refractivity (Wildman–Crippen MR) is 142 cm³/mol. The number of hydrogen-bond donors (Lipinski definition) is 4. The van der Waals surface area contributed by atoms with Crippen molar-refractivity contribution in [2.24, 2.45) is 11.5 Å². The van der Waals surface area contributed by atoms with E-state index in [4.69, 9.17) is 22.3 Å². The van der Waals surface area contributed by atoms with E-state index in [1.807, 2.05) is 48.5 Å². The van der Waals surface area contributed by atoms with Crippen LogP contribution in [0.25, 0.3) is 11.1 Å². The van der Waals surface area contributed by atoms with E-state index in [-0.39, 0.29) is 11.7 Å². The molecule has 0 unspecified atom stereocenters. The summed E-state index contributed by atoms with van der Waals surface area (Å²) in [6.07, 6.45) is 0. The minimum atomic E-state index is 0.0425. The van der Waals surface area contributed by atoms with Gasteiger partial charge in [0.2, 0.25) is 0 Å². The number of benzene rings is 4. The Morgan fingerprint density at radius 3 is 1.12 bits per heavy atom. The Hall–Kier alpha value is -4.44. The molecule has 0 saturated carbocycles. The average Bonchev–Trinajstić information content (AvgIpc) is 2.84. The van der Waals surface area contributed by atoms with Gasteiger partial charge < -0.3 is 11.5 Å². The van der Waals surface area contributed by atoms with Gasteiger partial charge in [-0.15, -0.1) is 0 Å². The molecule has 0 atom stereocenters. The van der Waals surface area contributed by atoms with Gasteiger partial charge in [0.15, 0.2) is 0 Å². The van der Waals surface area contributed by atoms with Gasteiger partial charge in [-0.25, -0.2) is 0 Å². The van der Waals surface area contributed by atoms with Gasteiger partial charge in [-0.3, -0.25) is 10.8 Å². The predicted octanol–water partition coefficient (Wildman–Crippen LogP) is 5.88. The molecule has 0 aliphatic rings. The van der Waals surface area contributed by atoms with Crippen molar-refractivity contribution < 1.29 is 0 Å². The third-order valence-electron chi connectivity index (χ3n) is 6.05. The summed E-state index contributed by atoms with van der Waals surface area (Å²) in [5, 5.41) is 15.6. The van der Waals surface area contributed by atoms with E-state index in [0.717, 1.165) is 33.4 Å². The molecule has 0 aliphatic heterocycles. The lowest BCUT2D eigenvalue weighted by Crippen LogP contribution is -2.11. The van der Waals surface area contributed by atoms with Crippen molar-refractivity contribution in [2.75, 3.05) is 0 Å². The lowest BCUT2D eigenvalue weighted by molar-refractivity contribution is 1.37. The maximum atomic E-state index is 7.78. The zero-order valence-corrected chi connectivity index (χ0v) is 19.4. The lowest BCUT2D eigenvalue weighted by atomic mass is 9.82. The van der Waals surface area contributed by atoms with Crippen LogP contribution in [0.2, 0.25) is 0 Å². The standard InChI is InChI=1S/C30H28N4/c1-19-7-3-5-9-25(19)28(26-10-6-4-8-20(26)2)27(21-11-15-23(16-12-21)29(31)32)22-13-17-24(18-14-22)30(33)34/h3-18H,1-2H3,(H3,31,32)(H3,33,34). The number of nitrogens with one attached hydrogen (secondary N) is 2. The smallest absolute Gasteiger partial charge is 0.122 e. The Kier molecular flexibility index (Phi) is 6.42. The first-order valence-electron chi connectivity index (χ1n) is 11.1. The molecule has 4 nitrogen and oxygen atoms in total. The highest BCUT2D eigenvalue weighted by Gasteiger charge is 2.19. The molecule has 168 valence electrons. The van der Waals surface area contributed by atoms with Crippen LogP contribution in [-0.4, -0.2) is 11.7 Å². The maximum absolute atomic E-state index is 7.78. The summed E-state index contributed by atoms with van der Waals surface area (Å²) in [5.74, 6) is 0.0850. The van der Waals surface area contributed by atoms with E-state index >= 15 is 0 Å². The summed E-state index contributed by atoms with van der Waals surface area (Å²) in [6, 6.07) is 32.4. The molecule has 0 heterocycles. The molecule has 4 heteroatoms. The molecule has 4 aromatic carbocycles. The van der Waals surface area contributed by atoms with E-state index in [1.165, 1.54) is 11.1 Å². The van der Waals surface area contributed by atoms with Crippen LogP contribution in [-0.2, 0) is 0 Å². The molecule has 4 rings (SSSR count). The first-order valence-corrected chi connectivity index (χ1v) is 11.1. The van der Waals surface area contributed by atoms with Crippen molar-refractivity contribution in [3.63, 3.8) is 0 Å². The summed E-state index contributed by atoms with van der Waals surface area (Å²) in [5.41, 5.74) is 21.7. The molecule has 0 aliphatic carbocycles. The van der Waals surface area contributed by atoms with Crippen molar-refractivity contribution in [1.29, 1.82) is 10.8 Å². The Bertz CT molecular complexity index is 1290. The number of rotatable bonds is 6. The fourth-order valence-electron chi connectivity index (χ4n) is 4.21. The van der Waals surface area contributed by atoms with Crippen LogP contribution in [0.4, 0.5) is 0 Å². The van der Waals surface area contributed by atoms with Crippen molar-refractivity contribution in [1.82, 2.24) is 0 Å². The molecule has 0 saturated heterocycles. The summed E-state index contributed by atoms with van der Waals surface area (Å²) < 4.78 is 0. The largest absolute Gasteiger partial charge is 0.384 e. The normalized spacial score (nSPS) is 10.5. The molecule has 0 spiro atoms. The minimum Gasteiger partial charge on any atom is -0.384 e. The highest BCUT2D eigenvalue weighted by molar-refractivity contribution is 6.06. The van der Waals surface area contributed by atoms with Crippen LogP contribution in [0.15, 0.2) is 97.1 Å². The molecule has 4 aromatic rings. The molecule has 6 N–H and O–H groups in total. The van der Waals surface area contributed by atoms with Gasteiger partial charge in [0.25, 0.3) is 0 Å². The molecular weight excluding hydrogens is 416 g/mol. The van der Waals surface area contributed by atoms with Crippen molar-refractivity contribution >= 4 is 22.8 Å². The Labute approximate surface area is 200 Å². The Morgan fingerprint density at radius 1 is 0.471 bits per heavy atom. The number of nitrogen functional groups attached to an aromatic ring is 2. The average molecular weight is 445 g/mol. The lowest BCUT2D eigenvalue weighted by Gasteiger charge is -2.21. The van der Waals surface area contributed by atoms with Gasteiger partial charge in [0, 0.05) is 11.1 Å². The van der Waals surface area contributed by atoms with Crippen LogP contribution < -0.4 is 11.5 Å². The highest BCUT2D eigenvalue weighted by Crippen LogP contribution is 2.39. The topological polar surface area (TPSA) is 99.7 Å². The zero-order chi connectivity index (χ0) is 24.2. The van der Waals surface area contributed by atoms with E-state index in [2.05, 4.69) is 62.4 Å². The first-order chi connectivity index (χ1) is 16.4. The van der Waals surface area contributed by atoms with Crippen molar-refractivity contribution in [3.8, 4) is 0 Å².